The van der Waals surface area contributed by atoms with Crippen molar-refractivity contribution >= 4 is 55.6 Å². The number of nitrogens with zero attached hydrogens (tertiary/aromatic N) is 5. The maximum Gasteiger partial charge on any atom is 0.336 e. The van der Waals surface area contributed by atoms with Gasteiger partial charge >= 0.3 is 5.69 Å². The normalized spacial score (nSPS) is 14.3. The Labute approximate surface area is 368 Å². The minimum atomic E-state index is -1.05. The molecule has 2 atom stereocenters. The molecule has 9 rings (SSSR count). The first-order chi connectivity index (χ1) is 30.3. The molecule has 0 saturated carbocycles. The summed E-state index contributed by atoms with van der Waals surface area (Å²) in [4.78, 5) is 65.5. The number of carbonyl (C=O) groups excluding carboxylic acids is 2. The van der Waals surface area contributed by atoms with Crippen LogP contribution >= 0.6 is 22.9 Å². The Bertz CT molecular complexity index is 3370. The van der Waals surface area contributed by atoms with Gasteiger partial charge in [0.1, 0.15) is 22.0 Å². The monoisotopic (exact) mass is 873 g/mol. The third kappa shape index (κ3) is 8.22. The van der Waals surface area contributed by atoms with Crippen LogP contribution < -0.4 is 11.2 Å². The molecule has 5 heterocycles. The fourth-order valence-corrected chi connectivity index (χ4v) is 8.94. The quantitative estimate of drug-likeness (QED) is 0.129. The molecule has 0 radical (unpaired) electrons. The van der Waals surface area contributed by atoms with E-state index in [1.54, 1.807) is 61.2 Å². The zero-order valence-corrected chi connectivity index (χ0v) is 35.7. The van der Waals surface area contributed by atoms with Gasteiger partial charge in [0, 0.05) is 70.4 Å². The van der Waals surface area contributed by atoms with Crippen LogP contribution in [-0.4, -0.2) is 35.7 Å². The molecule has 0 N–H and O–H groups in total. The lowest BCUT2D eigenvalue weighted by Gasteiger charge is -2.31. The van der Waals surface area contributed by atoms with Crippen molar-refractivity contribution in [3.8, 4) is 29.4 Å². The number of carbonyl (C=O) groups is 2. The number of ketones is 2. The number of benzene rings is 3. The van der Waals surface area contributed by atoms with Crippen LogP contribution in [0.25, 0.3) is 26.8 Å². The van der Waals surface area contributed by atoms with E-state index in [0.717, 1.165) is 45.5 Å². The summed E-state index contributed by atoms with van der Waals surface area (Å²) in [5.74, 6) is 7.56. The molecule has 3 aromatic carbocycles. The molecule has 13 heteroatoms. The molecule has 0 bridgehead atoms. The second-order valence-electron chi connectivity index (χ2n) is 15.1. The van der Waals surface area contributed by atoms with E-state index < -0.39 is 40.4 Å². The summed E-state index contributed by atoms with van der Waals surface area (Å²) in [5, 5.41) is 2.98. The van der Waals surface area contributed by atoms with Crippen molar-refractivity contribution in [2.75, 3.05) is 0 Å². The van der Waals surface area contributed by atoms with Gasteiger partial charge in [-0.3, -0.25) is 28.9 Å². The number of aryl methyl sites for hydroxylation is 2. The maximum absolute atomic E-state index is 14.8. The Morgan fingerprint density at radius 2 is 1.40 bits per heavy atom. The van der Waals surface area contributed by atoms with Crippen molar-refractivity contribution in [1.29, 1.82) is 0 Å². The highest BCUT2D eigenvalue weighted by atomic mass is 35.5. The predicted molar refractivity (Wildman–Crippen MR) is 241 cm³/mol. The lowest BCUT2D eigenvalue weighted by Crippen LogP contribution is -2.38. The van der Waals surface area contributed by atoms with Crippen LogP contribution in [0.4, 0.5) is 8.78 Å². The summed E-state index contributed by atoms with van der Waals surface area (Å²) >= 11 is 7.75. The summed E-state index contributed by atoms with van der Waals surface area (Å²) in [7, 11) is 1.46. The Balaban J connectivity index is 0.000000175. The zero-order chi connectivity index (χ0) is 44.5. The lowest BCUT2D eigenvalue weighted by molar-refractivity contribution is -0.122. The zero-order valence-electron chi connectivity index (χ0n) is 34.1. The second kappa shape index (κ2) is 17.5. The maximum atomic E-state index is 14.8. The third-order valence-electron chi connectivity index (χ3n) is 10.6. The molecule has 0 fully saturated rings. The van der Waals surface area contributed by atoms with E-state index >= 15 is 0 Å². The summed E-state index contributed by atoms with van der Waals surface area (Å²) < 4.78 is 31.6. The first-order valence-corrected chi connectivity index (χ1v) is 20.9. The molecular weight excluding hydrogens is 840 g/mol. The van der Waals surface area contributed by atoms with Crippen molar-refractivity contribution in [1.82, 2.24) is 24.1 Å². The van der Waals surface area contributed by atoms with E-state index in [1.807, 2.05) is 56.3 Å². The van der Waals surface area contributed by atoms with E-state index in [-0.39, 0.29) is 27.7 Å². The van der Waals surface area contributed by atoms with Crippen molar-refractivity contribution in [2.24, 2.45) is 13.0 Å². The number of halogens is 3. The van der Waals surface area contributed by atoms with Crippen molar-refractivity contribution in [3.63, 3.8) is 0 Å². The number of rotatable bonds is 3. The summed E-state index contributed by atoms with van der Waals surface area (Å²) in [6, 6.07) is 23.9. The van der Waals surface area contributed by atoms with Crippen molar-refractivity contribution in [3.05, 3.63) is 197 Å². The average molecular weight is 874 g/mol. The van der Waals surface area contributed by atoms with Crippen LogP contribution in [0.1, 0.15) is 75.1 Å². The van der Waals surface area contributed by atoms with Gasteiger partial charge in [-0.15, -0.1) is 11.3 Å². The molecule has 0 spiro atoms. The Morgan fingerprint density at radius 3 is 2.02 bits per heavy atom. The topological polar surface area (TPSA) is 117 Å². The number of para-hydroxylation sites is 1. The molecule has 0 saturated heterocycles. The minimum Gasteiger partial charge on any atom is -0.298 e. The highest BCUT2D eigenvalue weighted by Gasteiger charge is 2.45. The van der Waals surface area contributed by atoms with Crippen LogP contribution in [0.15, 0.2) is 125 Å². The fourth-order valence-electron chi connectivity index (χ4n) is 7.64. The average Bonchev–Trinajstić information content (AvgIpc) is 3.67. The van der Waals surface area contributed by atoms with Crippen molar-refractivity contribution in [2.45, 2.75) is 32.6 Å². The fraction of sp³-hybridized carbons (Fsp3) is 0.140. The summed E-state index contributed by atoms with van der Waals surface area (Å²) in [5.41, 5.74) is 3.34. The molecule has 0 aliphatic heterocycles. The van der Waals surface area contributed by atoms with Gasteiger partial charge in [-0.2, -0.15) is 0 Å². The van der Waals surface area contributed by atoms with E-state index in [0.29, 0.717) is 43.1 Å². The molecular formula is C50H34ClF2N5O4S. The lowest BCUT2D eigenvalue weighted by atomic mass is 9.70. The number of Topliss-reactive ketones (excluding diaryl/α,β-unsaturated/α-hetero) is 2. The van der Waals surface area contributed by atoms with Gasteiger partial charge in [0.15, 0.2) is 23.2 Å². The Kier molecular flexibility index (Phi) is 11.8. The smallest absolute Gasteiger partial charge is 0.298 e. The van der Waals surface area contributed by atoms with Gasteiger partial charge in [-0.05, 0) is 95.6 Å². The van der Waals surface area contributed by atoms with Gasteiger partial charge < -0.3 is 0 Å². The van der Waals surface area contributed by atoms with Crippen LogP contribution in [-0.2, 0) is 11.8 Å². The highest BCUT2D eigenvalue weighted by molar-refractivity contribution is 7.17. The molecule has 9 nitrogen and oxygen atoms in total. The van der Waals surface area contributed by atoms with E-state index in [4.69, 9.17) is 11.6 Å². The van der Waals surface area contributed by atoms with Gasteiger partial charge in [0.05, 0.1) is 11.0 Å². The van der Waals surface area contributed by atoms with Gasteiger partial charge in [0.25, 0.3) is 5.56 Å². The molecule has 310 valence electrons. The van der Waals surface area contributed by atoms with Gasteiger partial charge in [-0.1, -0.05) is 73.4 Å². The van der Waals surface area contributed by atoms with Crippen LogP contribution in [0, 0.1) is 48.2 Å². The first-order valence-electron chi connectivity index (χ1n) is 19.6. The number of thiophene rings is 1. The number of hydrogen-bond donors (Lipinski definition) is 0. The second-order valence-corrected chi connectivity index (χ2v) is 16.4. The Hall–Kier alpha value is -7.38. The highest BCUT2D eigenvalue weighted by Crippen LogP contribution is 2.43. The molecule has 5 aromatic heterocycles. The molecule has 8 aromatic rings. The van der Waals surface area contributed by atoms with Crippen LogP contribution in [0.5, 0.6) is 0 Å². The standard InChI is InChI=1S/C29H21ClN2O2.C21H13F2N3O2S/c1-17(2)25-22-15-20-7-3-4-8-24(20)32-27(22)29(34)26(28(25)33)21-12-11-18(14-23(21)30)9-10-19-6-5-13-31-16-19;1-12-11-29-19-17(12)25(2)21(28)26(20(19)27)18-15(22)8-14(9-16(18)23)6-5-13-4-3-7-24-10-13/h3-8,11-17,25-26H,1-2H3;3-4,7-11H,1-2H3. The van der Waals surface area contributed by atoms with Gasteiger partial charge in [-0.25, -0.2) is 23.1 Å². The van der Waals surface area contributed by atoms with E-state index in [2.05, 4.69) is 38.6 Å². The molecule has 0 amide bonds. The minimum absolute atomic E-state index is 0.00760. The number of pyridine rings is 3. The largest absolute Gasteiger partial charge is 0.336 e. The van der Waals surface area contributed by atoms with E-state index in [1.165, 1.54) is 17.8 Å². The molecule has 63 heavy (non-hydrogen) atoms. The third-order valence-corrected chi connectivity index (χ3v) is 12.0. The number of hydrogen-bond acceptors (Lipinski definition) is 8. The molecule has 1 aliphatic rings. The Morgan fingerprint density at radius 1 is 0.762 bits per heavy atom. The molecule has 2 unspecified atom stereocenters. The van der Waals surface area contributed by atoms with E-state index in [9.17, 15) is 28.0 Å². The first kappa shape index (κ1) is 42.3. The van der Waals surface area contributed by atoms with Crippen LogP contribution in [0.3, 0.4) is 0 Å². The SMILES string of the molecule is CC(C)C1C(=O)C(c2ccc(C#Cc3cccnc3)cc2Cl)C(=O)c2nc3ccccc3cc21.Cc1csc2c(=O)n(-c3c(F)cc(C#Cc4cccnc4)cc3F)c(=O)n(C)c12. The van der Waals surface area contributed by atoms with Crippen molar-refractivity contribution < 1.29 is 18.4 Å². The molecule has 1 aliphatic carbocycles. The van der Waals surface area contributed by atoms with Gasteiger partial charge in [0.2, 0.25) is 0 Å². The summed E-state index contributed by atoms with van der Waals surface area (Å²) in [6.07, 6.45) is 6.48. The van der Waals surface area contributed by atoms with Crippen LogP contribution in [0.2, 0.25) is 5.02 Å². The predicted octanol–water partition coefficient (Wildman–Crippen LogP) is 9.10. The number of aromatic nitrogens is 5. The number of fused-ring (bicyclic) bond motifs is 3. The summed E-state index contributed by atoms with van der Waals surface area (Å²) in [6.45, 7) is 5.75.